The Balaban J connectivity index is 2.55. The molecule has 0 bridgehead atoms. The second kappa shape index (κ2) is 6.50. The number of nitrogens with zero attached hydrogens (tertiary/aromatic N) is 2. The largest absolute Gasteiger partial charge is 0.468 e. The average molecular weight is 257 g/mol. The number of hydrogen-bond acceptors (Lipinski definition) is 5. The van der Waals surface area contributed by atoms with Gasteiger partial charge in [-0.3, -0.25) is 4.79 Å². The van der Waals surface area contributed by atoms with Crippen LogP contribution in [0.15, 0.2) is 0 Å². The standard InChI is InChI=1S/C13H27N3O2/c1-14-13(12(17)18-5)7-6-11(10-13)16(4)9-8-15(2)3/h11,14H,6-10H2,1-5H3. The minimum Gasteiger partial charge on any atom is -0.468 e. The summed E-state index contributed by atoms with van der Waals surface area (Å²) in [7, 11) is 9.60. The van der Waals surface area contributed by atoms with Crippen LogP contribution in [0.25, 0.3) is 0 Å². The van der Waals surface area contributed by atoms with E-state index in [2.05, 4.69) is 36.3 Å². The van der Waals surface area contributed by atoms with Crippen molar-refractivity contribution in [3.8, 4) is 0 Å². The number of nitrogens with one attached hydrogen (secondary N) is 1. The molecule has 0 aliphatic heterocycles. The molecule has 0 heterocycles. The summed E-state index contributed by atoms with van der Waals surface area (Å²) in [5.74, 6) is -0.131. The fourth-order valence-corrected chi connectivity index (χ4v) is 2.65. The molecule has 1 fully saturated rings. The van der Waals surface area contributed by atoms with Crippen molar-refractivity contribution in [1.29, 1.82) is 0 Å². The highest BCUT2D eigenvalue weighted by Gasteiger charge is 2.46. The van der Waals surface area contributed by atoms with E-state index in [1.165, 1.54) is 7.11 Å². The van der Waals surface area contributed by atoms with Gasteiger partial charge >= 0.3 is 5.97 Å². The van der Waals surface area contributed by atoms with Gasteiger partial charge in [-0.15, -0.1) is 0 Å². The van der Waals surface area contributed by atoms with Crippen molar-refractivity contribution >= 4 is 5.97 Å². The average Bonchev–Trinajstić information content (AvgIpc) is 2.80. The van der Waals surface area contributed by atoms with E-state index < -0.39 is 5.54 Å². The summed E-state index contributed by atoms with van der Waals surface area (Å²) >= 11 is 0. The van der Waals surface area contributed by atoms with Gasteiger partial charge in [-0.05, 0) is 47.5 Å². The summed E-state index contributed by atoms with van der Waals surface area (Å²) in [5, 5.41) is 3.17. The fourth-order valence-electron chi connectivity index (χ4n) is 2.65. The zero-order valence-corrected chi connectivity index (χ0v) is 12.3. The number of carbonyl (C=O) groups excluding carboxylic acids is 1. The highest BCUT2D eigenvalue weighted by Crippen LogP contribution is 2.33. The third kappa shape index (κ3) is 3.43. The Kier molecular flexibility index (Phi) is 5.56. The van der Waals surface area contributed by atoms with Crippen LogP contribution in [0, 0.1) is 0 Å². The van der Waals surface area contributed by atoms with E-state index in [0.717, 1.165) is 32.4 Å². The smallest absolute Gasteiger partial charge is 0.326 e. The first-order valence-electron chi connectivity index (χ1n) is 6.57. The lowest BCUT2D eigenvalue weighted by atomic mass is 9.97. The van der Waals surface area contributed by atoms with E-state index in [0.29, 0.717) is 6.04 Å². The molecule has 106 valence electrons. The van der Waals surface area contributed by atoms with Gasteiger partial charge in [0.05, 0.1) is 7.11 Å². The third-order valence-electron chi connectivity index (χ3n) is 4.07. The second-order valence-corrected chi connectivity index (χ2v) is 5.50. The van der Waals surface area contributed by atoms with Crippen molar-refractivity contribution in [2.75, 3.05) is 48.4 Å². The molecule has 1 N–H and O–H groups in total. The Hall–Kier alpha value is -0.650. The predicted molar refractivity (Wildman–Crippen MR) is 72.6 cm³/mol. The van der Waals surface area contributed by atoms with Crippen LogP contribution in [-0.4, -0.2) is 75.7 Å². The molecule has 2 atom stereocenters. The van der Waals surface area contributed by atoms with E-state index in [4.69, 9.17) is 4.74 Å². The second-order valence-electron chi connectivity index (χ2n) is 5.50. The normalized spacial score (nSPS) is 28.1. The zero-order chi connectivity index (χ0) is 13.8. The molecule has 1 rings (SSSR count). The number of likely N-dealkylation sites (N-methyl/N-ethyl adjacent to an activating group) is 3. The van der Waals surface area contributed by atoms with Gasteiger partial charge in [0.15, 0.2) is 0 Å². The number of hydrogen-bond donors (Lipinski definition) is 1. The lowest BCUT2D eigenvalue weighted by molar-refractivity contribution is -0.148. The summed E-state index contributed by atoms with van der Waals surface area (Å²) in [4.78, 5) is 16.4. The molecule has 0 radical (unpaired) electrons. The van der Waals surface area contributed by atoms with Crippen LogP contribution in [0.1, 0.15) is 19.3 Å². The van der Waals surface area contributed by atoms with Gasteiger partial charge in [-0.1, -0.05) is 0 Å². The highest BCUT2D eigenvalue weighted by atomic mass is 16.5. The summed E-state index contributed by atoms with van der Waals surface area (Å²) in [6.07, 6.45) is 2.73. The Morgan fingerprint density at radius 1 is 1.39 bits per heavy atom. The van der Waals surface area contributed by atoms with Gasteiger partial charge in [-0.2, -0.15) is 0 Å². The molecule has 1 aliphatic carbocycles. The lowest BCUT2D eigenvalue weighted by Crippen LogP contribution is -2.50. The van der Waals surface area contributed by atoms with Crippen molar-refractivity contribution in [3.05, 3.63) is 0 Å². The maximum atomic E-state index is 11.9. The first kappa shape index (κ1) is 15.4. The molecule has 0 aromatic heterocycles. The monoisotopic (exact) mass is 257 g/mol. The van der Waals surface area contributed by atoms with Crippen molar-refractivity contribution in [2.45, 2.75) is 30.8 Å². The molecular formula is C13H27N3O2. The number of carbonyl (C=O) groups is 1. The minimum absolute atomic E-state index is 0.131. The molecule has 1 aliphatic rings. The number of methoxy groups -OCH3 is 1. The number of rotatable bonds is 6. The summed E-state index contributed by atoms with van der Waals surface area (Å²) < 4.78 is 4.93. The van der Waals surface area contributed by atoms with Gasteiger partial charge in [0.1, 0.15) is 5.54 Å². The van der Waals surface area contributed by atoms with Crippen LogP contribution >= 0.6 is 0 Å². The van der Waals surface area contributed by atoms with Crippen molar-refractivity contribution in [1.82, 2.24) is 15.1 Å². The third-order valence-corrected chi connectivity index (χ3v) is 4.07. The predicted octanol–water partition coefficient (Wildman–Crippen LogP) is 0.164. The van der Waals surface area contributed by atoms with Crippen LogP contribution in [0.4, 0.5) is 0 Å². The maximum Gasteiger partial charge on any atom is 0.326 e. The summed E-state index contributed by atoms with van der Waals surface area (Å²) in [6.45, 7) is 2.07. The van der Waals surface area contributed by atoms with Crippen molar-refractivity contribution < 1.29 is 9.53 Å². The molecule has 0 aromatic carbocycles. The van der Waals surface area contributed by atoms with Gasteiger partial charge in [0.25, 0.3) is 0 Å². The first-order chi connectivity index (χ1) is 8.45. The summed E-state index contributed by atoms with van der Waals surface area (Å²) in [5.41, 5.74) is -0.480. The highest BCUT2D eigenvalue weighted by molar-refractivity contribution is 5.81. The van der Waals surface area contributed by atoms with E-state index in [9.17, 15) is 4.79 Å². The molecule has 0 saturated heterocycles. The minimum atomic E-state index is -0.480. The number of esters is 1. The fraction of sp³-hybridized carbons (Fsp3) is 0.923. The first-order valence-corrected chi connectivity index (χ1v) is 6.57. The Bertz CT molecular complexity index is 283. The van der Waals surface area contributed by atoms with E-state index in [1.54, 1.807) is 0 Å². The van der Waals surface area contributed by atoms with E-state index in [-0.39, 0.29) is 5.97 Å². The van der Waals surface area contributed by atoms with Crippen LogP contribution in [-0.2, 0) is 9.53 Å². The SMILES string of the molecule is CNC1(C(=O)OC)CCC(N(C)CCN(C)C)C1. The van der Waals surface area contributed by atoms with Crippen molar-refractivity contribution in [2.24, 2.45) is 0 Å². The van der Waals surface area contributed by atoms with E-state index in [1.807, 2.05) is 7.05 Å². The lowest BCUT2D eigenvalue weighted by Gasteiger charge is -2.29. The van der Waals surface area contributed by atoms with Crippen LogP contribution in [0.3, 0.4) is 0 Å². The molecule has 18 heavy (non-hydrogen) atoms. The Morgan fingerprint density at radius 3 is 2.56 bits per heavy atom. The molecule has 0 amide bonds. The number of ether oxygens (including phenoxy) is 1. The quantitative estimate of drug-likeness (QED) is 0.687. The van der Waals surface area contributed by atoms with E-state index >= 15 is 0 Å². The van der Waals surface area contributed by atoms with Crippen LogP contribution in [0.2, 0.25) is 0 Å². The molecule has 5 heteroatoms. The van der Waals surface area contributed by atoms with Crippen LogP contribution < -0.4 is 5.32 Å². The van der Waals surface area contributed by atoms with Crippen LogP contribution in [0.5, 0.6) is 0 Å². The molecule has 2 unspecified atom stereocenters. The topological polar surface area (TPSA) is 44.8 Å². The molecule has 0 aromatic rings. The summed E-state index contributed by atoms with van der Waals surface area (Å²) in [6, 6.07) is 0.455. The molecule has 5 nitrogen and oxygen atoms in total. The van der Waals surface area contributed by atoms with Gasteiger partial charge in [-0.25, -0.2) is 0 Å². The zero-order valence-electron chi connectivity index (χ0n) is 12.3. The van der Waals surface area contributed by atoms with Gasteiger partial charge in [0.2, 0.25) is 0 Å². The molecule has 0 spiro atoms. The van der Waals surface area contributed by atoms with Crippen molar-refractivity contribution in [3.63, 3.8) is 0 Å². The Morgan fingerprint density at radius 2 is 2.06 bits per heavy atom. The molecule has 1 saturated carbocycles. The maximum absolute atomic E-state index is 11.9. The van der Waals surface area contributed by atoms with Gasteiger partial charge in [0, 0.05) is 19.1 Å². The molecular weight excluding hydrogens is 230 g/mol. The Labute approximate surface area is 110 Å². The van der Waals surface area contributed by atoms with Gasteiger partial charge < -0.3 is 19.9 Å².